The fourth-order valence-corrected chi connectivity index (χ4v) is 3.55. The second kappa shape index (κ2) is 5.65. The molecule has 1 heterocycles. The van der Waals surface area contributed by atoms with Crippen molar-refractivity contribution in [3.05, 3.63) is 55.1 Å². The van der Waals surface area contributed by atoms with Crippen LogP contribution in [0.1, 0.15) is 16.5 Å². The maximum Gasteiger partial charge on any atom is 0.173 e. The van der Waals surface area contributed by atoms with Gasteiger partial charge in [0, 0.05) is 4.88 Å². The third-order valence-electron chi connectivity index (χ3n) is 2.57. The molecule has 0 saturated heterocycles. The fraction of sp³-hybridized carbons (Fsp3) is 0.167. The molecule has 2 rings (SSSR count). The molecular weight excluding hydrogens is 344 g/mol. The van der Waals surface area contributed by atoms with Crippen LogP contribution in [0.5, 0.6) is 0 Å². The van der Waals surface area contributed by atoms with Gasteiger partial charge in [0.1, 0.15) is 0 Å². The smallest absolute Gasteiger partial charge is 0.173 e. The molecule has 0 amide bonds. The summed E-state index contributed by atoms with van der Waals surface area (Å²) < 4.78 is 26.8. The van der Waals surface area contributed by atoms with E-state index in [1.165, 1.54) is 11.3 Å². The Hall–Kier alpha value is -0.490. The van der Waals surface area contributed by atoms with Crippen molar-refractivity contribution in [2.75, 3.05) is 7.05 Å². The van der Waals surface area contributed by atoms with E-state index in [2.05, 4.69) is 21.2 Å². The zero-order valence-corrected chi connectivity index (χ0v) is 12.5. The molecule has 0 aliphatic heterocycles. The molecule has 0 aliphatic rings. The van der Waals surface area contributed by atoms with E-state index < -0.39 is 11.6 Å². The normalized spacial score (nSPS) is 12.7. The Labute approximate surface area is 121 Å². The summed E-state index contributed by atoms with van der Waals surface area (Å²) in [6.45, 7) is 0. The van der Waals surface area contributed by atoms with Gasteiger partial charge in [-0.05, 0) is 46.1 Å². The number of hydrogen-bond acceptors (Lipinski definition) is 2. The molecule has 0 saturated carbocycles. The molecular formula is C12H9BrClF2NS. The molecule has 0 radical (unpaired) electrons. The highest BCUT2D eigenvalue weighted by Gasteiger charge is 2.22. The Morgan fingerprint density at radius 3 is 2.61 bits per heavy atom. The lowest BCUT2D eigenvalue weighted by atomic mass is 10.1. The Kier molecular flexibility index (Phi) is 4.37. The van der Waals surface area contributed by atoms with Crippen molar-refractivity contribution >= 4 is 38.9 Å². The van der Waals surface area contributed by atoms with Gasteiger partial charge in [-0.15, -0.1) is 11.3 Å². The zero-order chi connectivity index (χ0) is 13.3. The van der Waals surface area contributed by atoms with Crippen LogP contribution in [0, 0.1) is 11.6 Å². The highest BCUT2D eigenvalue weighted by molar-refractivity contribution is 9.10. The lowest BCUT2D eigenvalue weighted by Gasteiger charge is -2.18. The van der Waals surface area contributed by atoms with Crippen molar-refractivity contribution in [1.82, 2.24) is 5.32 Å². The molecule has 0 spiro atoms. The first-order chi connectivity index (χ1) is 8.56. The summed E-state index contributed by atoms with van der Waals surface area (Å²) in [6, 6.07) is 4.16. The number of nitrogens with one attached hydrogen (secondary N) is 1. The van der Waals surface area contributed by atoms with Gasteiger partial charge in [0.05, 0.1) is 15.5 Å². The van der Waals surface area contributed by atoms with Gasteiger partial charge in [-0.2, -0.15) is 0 Å². The molecule has 0 aliphatic carbocycles. The Balaban J connectivity index is 2.53. The highest BCUT2D eigenvalue weighted by Crippen LogP contribution is 2.36. The molecule has 6 heteroatoms. The van der Waals surface area contributed by atoms with Gasteiger partial charge in [0.15, 0.2) is 11.6 Å². The molecule has 0 bridgehead atoms. The topological polar surface area (TPSA) is 12.0 Å². The fourth-order valence-electron chi connectivity index (χ4n) is 1.70. The van der Waals surface area contributed by atoms with Crippen LogP contribution in [-0.4, -0.2) is 7.05 Å². The minimum atomic E-state index is -0.888. The van der Waals surface area contributed by atoms with E-state index in [0.717, 1.165) is 10.9 Å². The highest BCUT2D eigenvalue weighted by atomic mass is 79.9. The van der Waals surface area contributed by atoms with E-state index in [9.17, 15) is 8.78 Å². The van der Waals surface area contributed by atoms with Crippen molar-refractivity contribution in [3.63, 3.8) is 0 Å². The van der Waals surface area contributed by atoms with E-state index in [-0.39, 0.29) is 10.5 Å². The van der Waals surface area contributed by atoms with Gasteiger partial charge in [-0.1, -0.05) is 17.7 Å². The van der Waals surface area contributed by atoms with Crippen LogP contribution in [0.2, 0.25) is 5.02 Å². The first-order valence-electron chi connectivity index (χ1n) is 5.09. The molecule has 0 fully saturated rings. The molecule has 18 heavy (non-hydrogen) atoms. The molecule has 1 aromatic heterocycles. The number of halogens is 4. The summed E-state index contributed by atoms with van der Waals surface area (Å²) in [7, 11) is 1.74. The Bertz CT molecular complexity index is 573. The van der Waals surface area contributed by atoms with Crippen LogP contribution < -0.4 is 5.32 Å². The van der Waals surface area contributed by atoms with E-state index >= 15 is 0 Å². The van der Waals surface area contributed by atoms with Crippen LogP contribution in [0.4, 0.5) is 8.78 Å². The van der Waals surface area contributed by atoms with Crippen LogP contribution in [0.15, 0.2) is 28.1 Å². The van der Waals surface area contributed by atoms with Crippen LogP contribution in [-0.2, 0) is 0 Å². The molecule has 1 unspecified atom stereocenters. The van der Waals surface area contributed by atoms with E-state index in [4.69, 9.17) is 11.6 Å². The summed E-state index contributed by atoms with van der Waals surface area (Å²) in [6.07, 6.45) is 0. The van der Waals surface area contributed by atoms with Crippen molar-refractivity contribution < 1.29 is 8.78 Å². The van der Waals surface area contributed by atoms with Gasteiger partial charge in [0.2, 0.25) is 0 Å². The second-order valence-corrected chi connectivity index (χ2v) is 5.77. The zero-order valence-electron chi connectivity index (χ0n) is 9.31. The number of hydrogen-bond donors (Lipinski definition) is 1. The standard InChI is InChI=1S/C12H9BrClF2NS/c1-17-11(12-7(14)4-5-18-12)6-2-3-8(15)10(16)9(6)13/h2-5,11,17H,1H3. The summed E-state index contributed by atoms with van der Waals surface area (Å²) in [5.41, 5.74) is 0.612. The lowest BCUT2D eigenvalue weighted by Crippen LogP contribution is -2.18. The van der Waals surface area contributed by atoms with E-state index in [1.807, 2.05) is 5.38 Å². The molecule has 96 valence electrons. The number of thiophene rings is 1. The molecule has 1 N–H and O–H groups in total. The summed E-state index contributed by atoms with van der Waals surface area (Å²) in [5.74, 6) is -1.77. The minimum absolute atomic E-state index is 0.117. The first-order valence-corrected chi connectivity index (χ1v) is 7.15. The predicted octanol–water partition coefficient (Wildman–Crippen LogP) is 4.75. The van der Waals surface area contributed by atoms with E-state index in [1.54, 1.807) is 19.2 Å². The Morgan fingerprint density at radius 2 is 2.06 bits per heavy atom. The maximum absolute atomic E-state index is 13.6. The van der Waals surface area contributed by atoms with Gasteiger partial charge in [-0.3, -0.25) is 0 Å². The van der Waals surface area contributed by atoms with Crippen LogP contribution >= 0.6 is 38.9 Å². The molecule has 1 atom stereocenters. The third-order valence-corrected chi connectivity index (χ3v) is 4.80. The van der Waals surface area contributed by atoms with Crippen molar-refractivity contribution in [2.45, 2.75) is 6.04 Å². The second-order valence-electron chi connectivity index (χ2n) is 3.62. The van der Waals surface area contributed by atoms with Gasteiger partial charge in [0.25, 0.3) is 0 Å². The first kappa shape index (κ1) is 13.9. The van der Waals surface area contributed by atoms with Crippen LogP contribution in [0.25, 0.3) is 0 Å². The van der Waals surface area contributed by atoms with Crippen molar-refractivity contribution in [1.29, 1.82) is 0 Å². The van der Waals surface area contributed by atoms with Crippen molar-refractivity contribution in [3.8, 4) is 0 Å². The predicted molar refractivity (Wildman–Crippen MR) is 74.3 cm³/mol. The monoisotopic (exact) mass is 351 g/mol. The van der Waals surface area contributed by atoms with Gasteiger partial charge in [-0.25, -0.2) is 8.78 Å². The molecule has 1 aromatic carbocycles. The quantitative estimate of drug-likeness (QED) is 0.786. The van der Waals surface area contributed by atoms with Crippen LogP contribution in [0.3, 0.4) is 0 Å². The largest absolute Gasteiger partial charge is 0.309 e. The third kappa shape index (κ3) is 2.45. The molecule has 1 nitrogen and oxygen atoms in total. The summed E-state index contributed by atoms with van der Waals surface area (Å²) in [4.78, 5) is 0.867. The minimum Gasteiger partial charge on any atom is -0.309 e. The van der Waals surface area contributed by atoms with E-state index in [0.29, 0.717) is 10.6 Å². The Morgan fingerprint density at radius 1 is 1.33 bits per heavy atom. The summed E-state index contributed by atoms with van der Waals surface area (Å²) in [5, 5.41) is 5.52. The maximum atomic E-state index is 13.6. The van der Waals surface area contributed by atoms with Crippen molar-refractivity contribution in [2.24, 2.45) is 0 Å². The average molecular weight is 353 g/mol. The number of rotatable bonds is 3. The average Bonchev–Trinajstić information content (AvgIpc) is 2.77. The summed E-state index contributed by atoms with van der Waals surface area (Å²) >= 11 is 10.6. The SMILES string of the molecule is CNC(c1ccc(F)c(F)c1Br)c1sccc1Cl. The van der Waals surface area contributed by atoms with Gasteiger partial charge < -0.3 is 5.32 Å². The lowest BCUT2D eigenvalue weighted by molar-refractivity contribution is 0.500. The van der Waals surface area contributed by atoms with Gasteiger partial charge >= 0.3 is 0 Å². The number of benzene rings is 1. The molecule has 2 aromatic rings.